The van der Waals surface area contributed by atoms with Crippen molar-refractivity contribution in [1.82, 2.24) is 0 Å². The Labute approximate surface area is 96.8 Å². The monoisotopic (exact) mass is 270 g/mol. The summed E-state index contributed by atoms with van der Waals surface area (Å²) in [5, 5.41) is 0. The molecule has 1 fully saturated rings. The average molecular weight is 271 g/mol. The molecule has 0 atom stereocenters. The molecule has 0 aromatic heterocycles. The van der Waals surface area contributed by atoms with Crippen LogP contribution >= 0.6 is 15.9 Å². The number of carbonyl (C=O) groups excluding carboxylic acids is 1. The Morgan fingerprint density at radius 1 is 1.47 bits per heavy atom. The van der Waals surface area contributed by atoms with Crippen LogP contribution in [-0.4, -0.2) is 5.78 Å². The molecular formula is C12H12BrFO. The molecule has 15 heavy (non-hydrogen) atoms. The van der Waals surface area contributed by atoms with Gasteiger partial charge in [0, 0.05) is 10.9 Å². The van der Waals surface area contributed by atoms with Crippen molar-refractivity contribution in [1.29, 1.82) is 0 Å². The number of halogens is 2. The lowest BCUT2D eigenvalue weighted by atomic mass is 10.0. The normalized spacial score (nSPS) is 15.3. The van der Waals surface area contributed by atoms with Crippen LogP contribution < -0.4 is 0 Å². The highest BCUT2D eigenvalue weighted by atomic mass is 79.9. The molecule has 0 aliphatic heterocycles. The summed E-state index contributed by atoms with van der Waals surface area (Å²) < 4.78 is 14.1. The zero-order chi connectivity index (χ0) is 10.8. The van der Waals surface area contributed by atoms with E-state index in [-0.39, 0.29) is 11.3 Å². The Morgan fingerprint density at radius 2 is 2.20 bits per heavy atom. The minimum atomic E-state index is -0.418. The third kappa shape index (κ3) is 2.88. The molecule has 0 bridgehead atoms. The Kier molecular flexibility index (Phi) is 3.19. The maximum absolute atomic E-state index is 13.3. The van der Waals surface area contributed by atoms with Crippen LogP contribution in [0.3, 0.4) is 0 Å². The quantitative estimate of drug-likeness (QED) is 0.757. The molecule has 0 saturated heterocycles. The molecule has 1 aromatic carbocycles. The minimum Gasteiger partial charge on any atom is -0.294 e. The van der Waals surface area contributed by atoms with Gasteiger partial charge in [0.2, 0.25) is 0 Å². The van der Waals surface area contributed by atoms with Crippen molar-refractivity contribution in [2.24, 2.45) is 5.92 Å². The fourth-order valence-electron chi connectivity index (χ4n) is 1.59. The van der Waals surface area contributed by atoms with Crippen LogP contribution in [0.1, 0.15) is 36.0 Å². The largest absolute Gasteiger partial charge is 0.294 e. The average Bonchev–Trinajstić information content (AvgIpc) is 3.02. The van der Waals surface area contributed by atoms with Gasteiger partial charge in [0.1, 0.15) is 5.82 Å². The van der Waals surface area contributed by atoms with Gasteiger partial charge >= 0.3 is 0 Å². The maximum atomic E-state index is 13.3. The molecule has 0 amide bonds. The summed E-state index contributed by atoms with van der Waals surface area (Å²) in [5.74, 6) is 0.212. The molecule has 0 N–H and O–H groups in total. The van der Waals surface area contributed by atoms with Gasteiger partial charge in [0.15, 0.2) is 5.78 Å². The molecular weight excluding hydrogens is 259 g/mol. The number of hydrogen-bond donors (Lipinski definition) is 0. The first-order valence-corrected chi connectivity index (χ1v) is 5.94. The molecule has 1 aliphatic carbocycles. The lowest BCUT2D eigenvalue weighted by molar-refractivity contribution is 0.0974. The van der Waals surface area contributed by atoms with Crippen LogP contribution in [0, 0.1) is 11.7 Å². The second kappa shape index (κ2) is 4.44. The zero-order valence-electron chi connectivity index (χ0n) is 8.30. The minimum absolute atomic E-state index is 0.0827. The molecule has 80 valence electrons. The van der Waals surface area contributed by atoms with Gasteiger partial charge in [0.05, 0.1) is 5.56 Å². The smallest absolute Gasteiger partial charge is 0.165 e. The van der Waals surface area contributed by atoms with E-state index in [9.17, 15) is 9.18 Å². The van der Waals surface area contributed by atoms with E-state index >= 15 is 0 Å². The van der Waals surface area contributed by atoms with Crippen LogP contribution in [0.25, 0.3) is 0 Å². The van der Waals surface area contributed by atoms with Gasteiger partial charge in [-0.2, -0.15) is 0 Å². The lowest BCUT2D eigenvalue weighted by Gasteiger charge is -2.02. The first kappa shape index (κ1) is 10.8. The van der Waals surface area contributed by atoms with Crippen molar-refractivity contribution in [3.63, 3.8) is 0 Å². The Morgan fingerprint density at radius 3 is 2.87 bits per heavy atom. The standard InChI is InChI=1S/C12H12BrFO/c13-9-4-5-11(14)10(7-9)12(15)6-3-8-1-2-8/h4-5,7-8H,1-3,6H2. The van der Waals surface area contributed by atoms with Gasteiger partial charge in [-0.15, -0.1) is 0 Å². The second-order valence-corrected chi connectivity index (χ2v) is 4.95. The van der Waals surface area contributed by atoms with Gasteiger partial charge in [-0.25, -0.2) is 4.39 Å². The molecule has 0 spiro atoms. The highest BCUT2D eigenvalue weighted by molar-refractivity contribution is 9.10. The molecule has 1 aliphatic rings. The molecule has 3 heteroatoms. The first-order chi connectivity index (χ1) is 7.16. The lowest BCUT2D eigenvalue weighted by Crippen LogP contribution is -2.02. The summed E-state index contributed by atoms with van der Waals surface area (Å²) in [5.41, 5.74) is 0.213. The Hall–Kier alpha value is -0.700. The summed E-state index contributed by atoms with van der Waals surface area (Å²) in [6.45, 7) is 0. The molecule has 1 saturated carbocycles. The summed E-state index contributed by atoms with van der Waals surface area (Å²) >= 11 is 3.24. The molecule has 0 unspecified atom stereocenters. The van der Waals surface area contributed by atoms with Crippen LogP contribution in [0.2, 0.25) is 0 Å². The molecule has 1 aromatic rings. The fraction of sp³-hybridized carbons (Fsp3) is 0.417. The fourth-order valence-corrected chi connectivity index (χ4v) is 1.95. The summed E-state index contributed by atoms with van der Waals surface area (Å²) in [4.78, 5) is 11.7. The highest BCUT2D eigenvalue weighted by Crippen LogP contribution is 2.34. The number of ketones is 1. The van der Waals surface area contributed by atoms with Gasteiger partial charge in [-0.3, -0.25) is 4.79 Å². The van der Waals surface area contributed by atoms with E-state index in [0.29, 0.717) is 12.3 Å². The number of Topliss-reactive ketones (excluding diaryl/α,β-unsaturated/α-hetero) is 1. The van der Waals surface area contributed by atoms with Crippen molar-refractivity contribution in [2.45, 2.75) is 25.7 Å². The number of benzene rings is 1. The predicted octanol–water partition coefficient (Wildman–Crippen LogP) is 3.96. The number of rotatable bonds is 4. The highest BCUT2D eigenvalue weighted by Gasteiger charge is 2.22. The van der Waals surface area contributed by atoms with E-state index in [1.54, 1.807) is 12.1 Å². The summed E-state index contributed by atoms with van der Waals surface area (Å²) in [6.07, 6.45) is 3.84. The predicted molar refractivity (Wildman–Crippen MR) is 60.4 cm³/mol. The molecule has 0 heterocycles. The van der Waals surface area contributed by atoms with Crippen molar-refractivity contribution >= 4 is 21.7 Å². The first-order valence-electron chi connectivity index (χ1n) is 5.15. The van der Waals surface area contributed by atoms with E-state index in [0.717, 1.165) is 10.9 Å². The van der Waals surface area contributed by atoms with Crippen LogP contribution in [0.4, 0.5) is 4.39 Å². The van der Waals surface area contributed by atoms with E-state index < -0.39 is 5.82 Å². The van der Waals surface area contributed by atoms with Crippen LogP contribution in [0.15, 0.2) is 22.7 Å². The van der Waals surface area contributed by atoms with Crippen molar-refractivity contribution < 1.29 is 9.18 Å². The molecule has 1 nitrogen and oxygen atoms in total. The van der Waals surface area contributed by atoms with E-state index in [1.165, 1.54) is 18.9 Å². The Bertz CT molecular complexity index is 385. The van der Waals surface area contributed by atoms with Gasteiger partial charge in [-0.05, 0) is 30.5 Å². The summed E-state index contributed by atoms with van der Waals surface area (Å²) in [6, 6.07) is 4.49. The van der Waals surface area contributed by atoms with Gasteiger partial charge in [0.25, 0.3) is 0 Å². The third-order valence-electron chi connectivity index (χ3n) is 2.71. The third-order valence-corrected chi connectivity index (χ3v) is 3.20. The SMILES string of the molecule is O=C(CCC1CC1)c1cc(Br)ccc1F. The maximum Gasteiger partial charge on any atom is 0.165 e. The number of carbonyl (C=O) groups is 1. The van der Waals surface area contributed by atoms with Crippen LogP contribution in [0.5, 0.6) is 0 Å². The number of hydrogen-bond acceptors (Lipinski definition) is 1. The van der Waals surface area contributed by atoms with E-state index in [1.807, 2.05) is 0 Å². The zero-order valence-corrected chi connectivity index (χ0v) is 9.89. The molecule has 0 radical (unpaired) electrons. The van der Waals surface area contributed by atoms with Gasteiger partial charge in [-0.1, -0.05) is 28.8 Å². The van der Waals surface area contributed by atoms with Crippen molar-refractivity contribution in [3.8, 4) is 0 Å². The van der Waals surface area contributed by atoms with Gasteiger partial charge < -0.3 is 0 Å². The van der Waals surface area contributed by atoms with Crippen molar-refractivity contribution in [2.75, 3.05) is 0 Å². The van der Waals surface area contributed by atoms with E-state index in [4.69, 9.17) is 0 Å². The topological polar surface area (TPSA) is 17.1 Å². The van der Waals surface area contributed by atoms with E-state index in [2.05, 4.69) is 15.9 Å². The summed E-state index contributed by atoms with van der Waals surface area (Å²) in [7, 11) is 0. The van der Waals surface area contributed by atoms with Crippen molar-refractivity contribution in [3.05, 3.63) is 34.1 Å². The Balaban J connectivity index is 2.05. The second-order valence-electron chi connectivity index (χ2n) is 4.03. The van der Waals surface area contributed by atoms with Crippen LogP contribution in [-0.2, 0) is 0 Å². The molecule has 2 rings (SSSR count).